The van der Waals surface area contributed by atoms with Crippen LogP contribution in [0.5, 0.6) is 0 Å². The van der Waals surface area contributed by atoms with Gasteiger partial charge in [-0.2, -0.15) is 4.98 Å². The molecule has 0 bridgehead atoms. The highest BCUT2D eigenvalue weighted by atomic mass is 16.5. The molecule has 0 radical (unpaired) electrons. The lowest BCUT2D eigenvalue weighted by Gasteiger charge is -2.14. The van der Waals surface area contributed by atoms with Gasteiger partial charge in [-0.3, -0.25) is 9.80 Å². The van der Waals surface area contributed by atoms with Crippen LogP contribution in [0.1, 0.15) is 30.0 Å². The Labute approximate surface area is 176 Å². The van der Waals surface area contributed by atoms with Gasteiger partial charge in [0, 0.05) is 35.2 Å². The van der Waals surface area contributed by atoms with E-state index in [4.69, 9.17) is 4.52 Å². The van der Waals surface area contributed by atoms with Crippen molar-refractivity contribution in [1.29, 1.82) is 0 Å². The quantitative estimate of drug-likeness (QED) is 0.496. The van der Waals surface area contributed by atoms with E-state index in [1.54, 1.807) is 0 Å². The molecule has 1 saturated heterocycles. The summed E-state index contributed by atoms with van der Waals surface area (Å²) in [6.07, 6.45) is 2.65. The average Bonchev–Trinajstić information content (AvgIpc) is 3.49. The van der Waals surface area contributed by atoms with Gasteiger partial charge in [-0.25, -0.2) is 0 Å². The molecule has 0 atom stereocenters. The van der Waals surface area contributed by atoms with Gasteiger partial charge in [0.25, 0.3) is 0 Å². The maximum atomic E-state index is 5.45. The van der Waals surface area contributed by atoms with Gasteiger partial charge in [0.2, 0.25) is 11.7 Å². The highest BCUT2D eigenvalue weighted by Gasteiger charge is 2.14. The summed E-state index contributed by atoms with van der Waals surface area (Å²) in [5, 5.41) is 5.39. The number of aromatic nitrogens is 3. The first-order valence-electron chi connectivity index (χ1n) is 10.6. The first-order chi connectivity index (χ1) is 14.7. The molecule has 1 aliphatic heterocycles. The van der Waals surface area contributed by atoms with E-state index in [9.17, 15) is 0 Å². The lowest BCUT2D eigenvalue weighted by Crippen LogP contribution is -2.18. The molecule has 0 unspecified atom stereocenters. The van der Waals surface area contributed by atoms with Crippen LogP contribution in [-0.4, -0.2) is 45.1 Å². The summed E-state index contributed by atoms with van der Waals surface area (Å²) in [7, 11) is 2.08. The maximum Gasteiger partial charge on any atom is 0.241 e. The van der Waals surface area contributed by atoms with Crippen LogP contribution in [0, 0.1) is 0 Å². The predicted molar refractivity (Wildman–Crippen MR) is 118 cm³/mol. The number of rotatable bonds is 7. The number of H-pyrrole nitrogens is 1. The minimum atomic E-state index is 0.616. The van der Waals surface area contributed by atoms with Gasteiger partial charge in [0.15, 0.2) is 0 Å². The third-order valence-electron chi connectivity index (χ3n) is 5.69. The number of nitrogens with one attached hydrogen (secondary N) is 1. The normalized spacial score (nSPS) is 14.9. The summed E-state index contributed by atoms with van der Waals surface area (Å²) in [6, 6.07) is 18.9. The maximum absolute atomic E-state index is 5.45. The smallest absolute Gasteiger partial charge is 0.241 e. The molecule has 0 aliphatic carbocycles. The first-order valence-corrected chi connectivity index (χ1v) is 10.6. The van der Waals surface area contributed by atoms with E-state index in [1.807, 2.05) is 30.3 Å². The molecule has 6 nitrogen and oxygen atoms in total. The molecule has 30 heavy (non-hydrogen) atoms. The molecule has 1 fully saturated rings. The minimum absolute atomic E-state index is 0.616. The third kappa shape index (κ3) is 4.30. The number of hydrogen-bond acceptors (Lipinski definition) is 5. The Morgan fingerprint density at radius 3 is 2.70 bits per heavy atom. The second-order valence-electron chi connectivity index (χ2n) is 8.25. The van der Waals surface area contributed by atoms with Crippen molar-refractivity contribution in [2.24, 2.45) is 0 Å². The molecule has 5 rings (SSSR count). The summed E-state index contributed by atoms with van der Waals surface area (Å²) in [5.74, 6) is 1.27. The molecule has 1 aliphatic rings. The van der Waals surface area contributed by atoms with Gasteiger partial charge in [0.05, 0.1) is 6.54 Å². The standard InChI is InChI=1S/C24H27N5O/c1-28(17-23-26-24(27-30-23)19-7-3-2-4-8-19)15-18-9-10-22-20(13-18)14-21(25-22)16-29-11-5-6-12-29/h2-4,7-10,13-14,25H,5-6,11-12,15-17H2,1H3. The van der Waals surface area contributed by atoms with Crippen LogP contribution < -0.4 is 0 Å². The third-order valence-corrected chi connectivity index (χ3v) is 5.69. The summed E-state index contributed by atoms with van der Waals surface area (Å²) in [5.41, 5.74) is 4.76. The van der Waals surface area contributed by atoms with Crippen molar-refractivity contribution < 1.29 is 4.52 Å². The van der Waals surface area contributed by atoms with Crippen LogP contribution in [0.3, 0.4) is 0 Å². The summed E-state index contributed by atoms with van der Waals surface area (Å²) < 4.78 is 5.45. The SMILES string of the molecule is CN(Cc1ccc2[nH]c(CN3CCCC3)cc2c1)Cc1nc(-c2ccccc2)no1. The van der Waals surface area contributed by atoms with Crippen LogP contribution in [0.4, 0.5) is 0 Å². The van der Waals surface area contributed by atoms with Gasteiger partial charge in [-0.1, -0.05) is 41.6 Å². The zero-order valence-corrected chi connectivity index (χ0v) is 17.3. The Morgan fingerprint density at radius 1 is 1.03 bits per heavy atom. The number of aromatic amines is 1. The van der Waals surface area contributed by atoms with Gasteiger partial charge >= 0.3 is 0 Å². The molecule has 6 heteroatoms. The summed E-state index contributed by atoms with van der Waals surface area (Å²) in [6.45, 7) is 4.89. The summed E-state index contributed by atoms with van der Waals surface area (Å²) in [4.78, 5) is 12.8. The second-order valence-corrected chi connectivity index (χ2v) is 8.25. The molecule has 3 heterocycles. The van der Waals surface area contributed by atoms with Crippen molar-refractivity contribution in [2.75, 3.05) is 20.1 Å². The molecular weight excluding hydrogens is 374 g/mol. The van der Waals surface area contributed by atoms with Crippen molar-refractivity contribution >= 4 is 10.9 Å². The Hall–Kier alpha value is -2.96. The number of benzene rings is 2. The number of fused-ring (bicyclic) bond motifs is 1. The molecular formula is C24H27N5O. The van der Waals surface area contributed by atoms with Crippen LogP contribution in [-0.2, 0) is 19.6 Å². The second kappa shape index (κ2) is 8.42. The number of nitrogens with zero attached hydrogens (tertiary/aromatic N) is 4. The molecule has 2 aromatic carbocycles. The molecule has 154 valence electrons. The molecule has 0 amide bonds. The van der Waals surface area contributed by atoms with Crippen LogP contribution in [0.25, 0.3) is 22.3 Å². The summed E-state index contributed by atoms with van der Waals surface area (Å²) >= 11 is 0. The van der Waals surface area contributed by atoms with Gasteiger partial charge in [0.1, 0.15) is 0 Å². The topological polar surface area (TPSA) is 61.2 Å². The Morgan fingerprint density at radius 2 is 1.87 bits per heavy atom. The van der Waals surface area contributed by atoms with Crippen molar-refractivity contribution in [2.45, 2.75) is 32.5 Å². The fourth-order valence-corrected chi connectivity index (χ4v) is 4.23. The van der Waals surface area contributed by atoms with Crippen LogP contribution >= 0.6 is 0 Å². The lowest BCUT2D eigenvalue weighted by molar-refractivity contribution is 0.261. The molecule has 2 aromatic heterocycles. The highest BCUT2D eigenvalue weighted by Crippen LogP contribution is 2.21. The number of likely N-dealkylation sites (tertiary alicyclic amines) is 1. The van der Waals surface area contributed by atoms with E-state index in [0.29, 0.717) is 18.3 Å². The highest BCUT2D eigenvalue weighted by molar-refractivity contribution is 5.81. The van der Waals surface area contributed by atoms with E-state index in [1.165, 1.54) is 48.1 Å². The zero-order valence-electron chi connectivity index (χ0n) is 17.3. The van der Waals surface area contributed by atoms with Crippen molar-refractivity contribution in [3.63, 3.8) is 0 Å². The predicted octanol–water partition coefficient (Wildman–Crippen LogP) is 4.45. The average molecular weight is 402 g/mol. The van der Waals surface area contributed by atoms with Gasteiger partial charge < -0.3 is 9.51 Å². The Bertz CT molecular complexity index is 1110. The molecule has 0 spiro atoms. The largest absolute Gasteiger partial charge is 0.357 e. The van der Waals surface area contributed by atoms with Crippen molar-refractivity contribution in [3.8, 4) is 11.4 Å². The fraction of sp³-hybridized carbons (Fsp3) is 0.333. The fourth-order valence-electron chi connectivity index (χ4n) is 4.23. The van der Waals surface area contributed by atoms with E-state index in [2.05, 4.69) is 56.2 Å². The Balaban J connectivity index is 1.23. The van der Waals surface area contributed by atoms with Gasteiger partial charge in [-0.15, -0.1) is 0 Å². The van der Waals surface area contributed by atoms with Gasteiger partial charge in [-0.05, 0) is 56.7 Å². The molecule has 1 N–H and O–H groups in total. The zero-order chi connectivity index (χ0) is 20.3. The monoisotopic (exact) mass is 401 g/mol. The van der Waals surface area contributed by atoms with Crippen LogP contribution in [0.2, 0.25) is 0 Å². The lowest BCUT2D eigenvalue weighted by atomic mass is 10.1. The van der Waals surface area contributed by atoms with Crippen molar-refractivity contribution in [1.82, 2.24) is 24.9 Å². The minimum Gasteiger partial charge on any atom is -0.357 e. The first kappa shape index (κ1) is 19.0. The van der Waals surface area contributed by atoms with E-state index >= 15 is 0 Å². The van der Waals surface area contributed by atoms with Crippen molar-refractivity contribution in [3.05, 3.63) is 71.7 Å². The van der Waals surface area contributed by atoms with E-state index in [0.717, 1.165) is 18.7 Å². The van der Waals surface area contributed by atoms with E-state index in [-0.39, 0.29) is 0 Å². The van der Waals surface area contributed by atoms with E-state index < -0.39 is 0 Å². The molecule has 0 saturated carbocycles. The Kier molecular flexibility index (Phi) is 5.34. The molecule has 4 aromatic rings. The number of hydrogen-bond donors (Lipinski definition) is 1. The van der Waals surface area contributed by atoms with Crippen LogP contribution in [0.15, 0.2) is 59.1 Å².